The second kappa shape index (κ2) is 5.56. The molecule has 5 heteroatoms. The zero-order valence-corrected chi connectivity index (χ0v) is 13.4. The van der Waals surface area contributed by atoms with Gasteiger partial charge in [0, 0.05) is 22.7 Å². The minimum atomic E-state index is 0.738. The van der Waals surface area contributed by atoms with E-state index in [1.807, 2.05) is 42.9 Å². The normalized spacial score (nSPS) is 11.4. The maximum atomic E-state index is 4.60. The molecule has 0 spiro atoms. The molecule has 0 fully saturated rings. The van der Waals surface area contributed by atoms with Crippen LogP contribution in [-0.2, 0) is 6.54 Å². The third-order valence-electron chi connectivity index (χ3n) is 4.44. The van der Waals surface area contributed by atoms with Gasteiger partial charge < -0.3 is 9.55 Å². The summed E-state index contributed by atoms with van der Waals surface area (Å²) in [5.74, 6) is 0. The molecular formula is C20H15N5. The fourth-order valence-corrected chi connectivity index (χ4v) is 3.24. The van der Waals surface area contributed by atoms with Crippen LogP contribution in [-0.4, -0.2) is 24.5 Å². The lowest BCUT2D eigenvalue weighted by Crippen LogP contribution is -1.99. The van der Waals surface area contributed by atoms with Crippen LogP contribution in [0.2, 0.25) is 0 Å². The summed E-state index contributed by atoms with van der Waals surface area (Å²) in [6, 6.07) is 18.5. The Hall–Kier alpha value is -3.47. The molecule has 0 amide bonds. The first kappa shape index (κ1) is 13.9. The van der Waals surface area contributed by atoms with E-state index >= 15 is 0 Å². The Balaban J connectivity index is 1.66. The number of nitrogens with one attached hydrogen (secondary N) is 1. The summed E-state index contributed by atoms with van der Waals surface area (Å²) in [6.07, 6.45) is 5.44. The van der Waals surface area contributed by atoms with E-state index in [-0.39, 0.29) is 0 Å². The van der Waals surface area contributed by atoms with E-state index in [9.17, 15) is 0 Å². The minimum absolute atomic E-state index is 0.738. The standard InChI is InChI=1S/C20H15N5/c1-2-6-14(7-3-1)11-25-13-24-19-18(22-12-23-20(19)25)16-10-21-17-9-5-4-8-15(16)17/h1-10,12-13,21H,11H2. The second-order valence-electron chi connectivity index (χ2n) is 6.00. The highest BCUT2D eigenvalue weighted by Crippen LogP contribution is 2.30. The summed E-state index contributed by atoms with van der Waals surface area (Å²) < 4.78 is 2.06. The van der Waals surface area contributed by atoms with Gasteiger partial charge in [-0.05, 0) is 11.6 Å². The van der Waals surface area contributed by atoms with Crippen molar-refractivity contribution in [3.63, 3.8) is 0 Å². The second-order valence-corrected chi connectivity index (χ2v) is 6.00. The summed E-state index contributed by atoms with van der Waals surface area (Å²) in [5.41, 5.74) is 5.88. The van der Waals surface area contributed by atoms with Gasteiger partial charge >= 0.3 is 0 Å². The summed E-state index contributed by atoms with van der Waals surface area (Å²) >= 11 is 0. The molecule has 0 saturated heterocycles. The number of benzene rings is 2. The van der Waals surface area contributed by atoms with Crippen molar-refractivity contribution >= 4 is 22.1 Å². The third-order valence-corrected chi connectivity index (χ3v) is 4.44. The quantitative estimate of drug-likeness (QED) is 0.545. The highest BCUT2D eigenvalue weighted by atomic mass is 15.1. The number of para-hydroxylation sites is 1. The molecule has 1 N–H and O–H groups in total. The lowest BCUT2D eigenvalue weighted by atomic mass is 10.1. The Labute approximate surface area is 144 Å². The first-order chi connectivity index (χ1) is 12.4. The average molecular weight is 325 g/mol. The Morgan fingerprint density at radius 2 is 1.72 bits per heavy atom. The monoisotopic (exact) mass is 325 g/mol. The molecule has 5 aromatic rings. The zero-order valence-electron chi connectivity index (χ0n) is 13.4. The van der Waals surface area contributed by atoms with Gasteiger partial charge in [-0.25, -0.2) is 15.0 Å². The number of aromatic amines is 1. The summed E-state index contributed by atoms with van der Waals surface area (Å²) in [6.45, 7) is 0.738. The SMILES string of the molecule is c1ccc(Cn2cnc3c(-c4c[nH]c5ccccc45)ncnc32)cc1. The van der Waals surface area contributed by atoms with Crippen LogP contribution >= 0.6 is 0 Å². The summed E-state index contributed by atoms with van der Waals surface area (Å²) in [5, 5.41) is 1.14. The summed E-state index contributed by atoms with van der Waals surface area (Å²) in [4.78, 5) is 16.9. The molecule has 5 rings (SSSR count). The van der Waals surface area contributed by atoms with Gasteiger partial charge in [-0.1, -0.05) is 48.5 Å². The van der Waals surface area contributed by atoms with E-state index in [0.29, 0.717) is 0 Å². The van der Waals surface area contributed by atoms with Gasteiger partial charge in [0.2, 0.25) is 0 Å². The first-order valence-electron chi connectivity index (χ1n) is 8.16. The van der Waals surface area contributed by atoms with Gasteiger partial charge in [0.1, 0.15) is 17.5 Å². The van der Waals surface area contributed by atoms with Crippen LogP contribution in [0.1, 0.15) is 5.56 Å². The maximum Gasteiger partial charge on any atom is 0.164 e. The van der Waals surface area contributed by atoms with Crippen molar-refractivity contribution in [1.29, 1.82) is 0 Å². The van der Waals surface area contributed by atoms with Crippen molar-refractivity contribution in [3.8, 4) is 11.3 Å². The largest absolute Gasteiger partial charge is 0.360 e. The molecule has 0 aliphatic rings. The van der Waals surface area contributed by atoms with Gasteiger partial charge in [-0.3, -0.25) is 0 Å². The molecule has 0 unspecified atom stereocenters. The van der Waals surface area contributed by atoms with Crippen molar-refractivity contribution < 1.29 is 0 Å². The molecule has 0 aliphatic carbocycles. The van der Waals surface area contributed by atoms with Crippen LogP contribution in [0.3, 0.4) is 0 Å². The predicted molar refractivity (Wildman–Crippen MR) is 98.2 cm³/mol. The molecule has 0 aliphatic heterocycles. The lowest BCUT2D eigenvalue weighted by molar-refractivity contribution is 0.813. The number of imidazole rings is 1. The smallest absolute Gasteiger partial charge is 0.164 e. The topological polar surface area (TPSA) is 59.4 Å². The van der Waals surface area contributed by atoms with Gasteiger partial charge in [-0.15, -0.1) is 0 Å². The molecule has 3 aromatic heterocycles. The van der Waals surface area contributed by atoms with Crippen LogP contribution < -0.4 is 0 Å². The molecule has 0 saturated carbocycles. The van der Waals surface area contributed by atoms with Gasteiger partial charge in [0.05, 0.1) is 12.9 Å². The molecule has 25 heavy (non-hydrogen) atoms. The Morgan fingerprint density at radius 1 is 0.880 bits per heavy atom. The van der Waals surface area contributed by atoms with E-state index in [1.54, 1.807) is 6.33 Å². The van der Waals surface area contributed by atoms with E-state index in [1.165, 1.54) is 5.56 Å². The lowest BCUT2D eigenvalue weighted by Gasteiger charge is -2.04. The number of hydrogen-bond acceptors (Lipinski definition) is 3. The van der Waals surface area contributed by atoms with E-state index in [0.717, 1.165) is 39.9 Å². The van der Waals surface area contributed by atoms with Crippen molar-refractivity contribution in [3.05, 3.63) is 79.0 Å². The molecule has 0 atom stereocenters. The third kappa shape index (κ3) is 2.29. The molecule has 120 valence electrons. The van der Waals surface area contributed by atoms with Gasteiger partial charge in [0.15, 0.2) is 5.65 Å². The van der Waals surface area contributed by atoms with E-state index < -0.39 is 0 Å². The minimum Gasteiger partial charge on any atom is -0.360 e. The number of H-pyrrole nitrogens is 1. The Kier molecular flexibility index (Phi) is 3.10. The first-order valence-corrected chi connectivity index (χ1v) is 8.16. The number of aromatic nitrogens is 5. The Morgan fingerprint density at radius 3 is 2.64 bits per heavy atom. The maximum absolute atomic E-state index is 4.60. The Bertz CT molecular complexity index is 1170. The molecule has 3 heterocycles. The fourth-order valence-electron chi connectivity index (χ4n) is 3.24. The highest BCUT2D eigenvalue weighted by molar-refractivity contribution is 6.00. The number of hydrogen-bond donors (Lipinski definition) is 1. The molecule has 0 radical (unpaired) electrons. The summed E-state index contributed by atoms with van der Waals surface area (Å²) in [7, 11) is 0. The van der Waals surface area contributed by atoms with Crippen LogP contribution in [0.15, 0.2) is 73.4 Å². The van der Waals surface area contributed by atoms with Crippen molar-refractivity contribution in [2.75, 3.05) is 0 Å². The highest BCUT2D eigenvalue weighted by Gasteiger charge is 2.15. The molecule has 2 aromatic carbocycles. The van der Waals surface area contributed by atoms with Crippen LogP contribution in [0.25, 0.3) is 33.3 Å². The molecule has 5 nitrogen and oxygen atoms in total. The van der Waals surface area contributed by atoms with Crippen molar-refractivity contribution in [2.45, 2.75) is 6.54 Å². The fraction of sp³-hybridized carbons (Fsp3) is 0.0500. The van der Waals surface area contributed by atoms with Gasteiger partial charge in [0.25, 0.3) is 0 Å². The van der Waals surface area contributed by atoms with E-state index in [2.05, 4.69) is 48.8 Å². The zero-order chi connectivity index (χ0) is 16.6. The van der Waals surface area contributed by atoms with Crippen molar-refractivity contribution in [2.24, 2.45) is 0 Å². The van der Waals surface area contributed by atoms with Gasteiger partial charge in [-0.2, -0.15) is 0 Å². The van der Waals surface area contributed by atoms with Crippen LogP contribution in [0.5, 0.6) is 0 Å². The van der Waals surface area contributed by atoms with E-state index in [4.69, 9.17) is 0 Å². The number of nitrogens with zero attached hydrogens (tertiary/aromatic N) is 4. The average Bonchev–Trinajstić information content (AvgIpc) is 3.27. The predicted octanol–water partition coefficient (Wildman–Crippen LogP) is 4.02. The molecule has 0 bridgehead atoms. The van der Waals surface area contributed by atoms with Crippen LogP contribution in [0, 0.1) is 0 Å². The van der Waals surface area contributed by atoms with Crippen molar-refractivity contribution in [1.82, 2.24) is 24.5 Å². The number of rotatable bonds is 3. The number of fused-ring (bicyclic) bond motifs is 2. The molecular weight excluding hydrogens is 310 g/mol. The van der Waals surface area contributed by atoms with Crippen LogP contribution in [0.4, 0.5) is 0 Å².